The lowest BCUT2D eigenvalue weighted by Crippen LogP contribution is -2.40. The number of carbonyl (C=O) groups is 2. The van der Waals surface area contributed by atoms with Gasteiger partial charge in [0.25, 0.3) is 5.91 Å². The molecule has 0 aliphatic carbocycles. The van der Waals surface area contributed by atoms with Gasteiger partial charge in [-0.1, -0.05) is 23.7 Å². The number of anilines is 1. The van der Waals surface area contributed by atoms with E-state index in [0.717, 1.165) is 31.7 Å². The lowest BCUT2D eigenvalue weighted by atomic mass is 10.0. The van der Waals surface area contributed by atoms with Crippen LogP contribution in [0, 0.1) is 0 Å². The predicted octanol–water partition coefficient (Wildman–Crippen LogP) is 5.00. The molecule has 2 aromatic heterocycles. The summed E-state index contributed by atoms with van der Waals surface area (Å²) in [7, 11) is 0. The van der Waals surface area contributed by atoms with Gasteiger partial charge in [0, 0.05) is 35.8 Å². The van der Waals surface area contributed by atoms with Crippen molar-refractivity contribution < 1.29 is 14.3 Å². The van der Waals surface area contributed by atoms with Crippen molar-refractivity contribution in [3.05, 3.63) is 87.9 Å². The third kappa shape index (κ3) is 5.99. The summed E-state index contributed by atoms with van der Waals surface area (Å²) >= 11 is 8.18. The number of halogens is 1. The van der Waals surface area contributed by atoms with Crippen LogP contribution >= 0.6 is 22.9 Å². The molecule has 3 N–H and O–H groups in total. The van der Waals surface area contributed by atoms with Gasteiger partial charge >= 0.3 is 0 Å². The molecule has 1 fully saturated rings. The summed E-state index contributed by atoms with van der Waals surface area (Å²) < 4.78 is 6.30. The number of thiophene rings is 1. The van der Waals surface area contributed by atoms with Gasteiger partial charge in [0.05, 0.1) is 29.5 Å². The van der Waals surface area contributed by atoms with Crippen molar-refractivity contribution in [3.8, 4) is 11.1 Å². The number of nitrogen functional groups attached to an aromatic ring is 1. The lowest BCUT2D eigenvalue weighted by Gasteiger charge is -2.26. The standard InChI is InChI=1S/C28H25ClN4O3S/c29-24-15-21(19-3-5-20(6-4-19)28(35)33-9-11-36-12-10-33)13-22-14-23(37-27(22)24)17-32-26(34)8-2-18-1-7-25(30)31-16-18/h1-8,13-16H,9-12,17H2,(H2,30,31)(H,32,34)/b8-2+. The molecule has 0 unspecified atom stereocenters. The molecule has 1 aliphatic rings. The number of amides is 2. The first-order valence-electron chi connectivity index (χ1n) is 11.8. The average molecular weight is 533 g/mol. The predicted molar refractivity (Wildman–Crippen MR) is 149 cm³/mol. The molecule has 1 aliphatic heterocycles. The van der Waals surface area contributed by atoms with Crippen molar-refractivity contribution >= 4 is 56.7 Å². The highest BCUT2D eigenvalue weighted by Crippen LogP contribution is 2.36. The molecule has 0 atom stereocenters. The van der Waals surface area contributed by atoms with E-state index in [2.05, 4.69) is 16.4 Å². The molecule has 9 heteroatoms. The topological polar surface area (TPSA) is 97.5 Å². The maximum absolute atomic E-state index is 12.7. The van der Waals surface area contributed by atoms with Crippen LogP contribution in [0.3, 0.4) is 0 Å². The highest BCUT2D eigenvalue weighted by molar-refractivity contribution is 7.19. The van der Waals surface area contributed by atoms with Crippen LogP contribution in [0.2, 0.25) is 5.02 Å². The number of aromatic nitrogens is 1. The number of nitrogens with one attached hydrogen (secondary N) is 1. The number of rotatable bonds is 6. The van der Waals surface area contributed by atoms with E-state index in [1.165, 1.54) is 6.08 Å². The quantitative estimate of drug-likeness (QED) is 0.340. The van der Waals surface area contributed by atoms with Crippen LogP contribution in [0.25, 0.3) is 27.3 Å². The van der Waals surface area contributed by atoms with Gasteiger partial charge in [0.1, 0.15) is 5.82 Å². The molecule has 2 aromatic carbocycles. The van der Waals surface area contributed by atoms with Gasteiger partial charge < -0.3 is 20.7 Å². The molecular weight excluding hydrogens is 508 g/mol. The minimum absolute atomic E-state index is 0.0211. The molecule has 3 heterocycles. The summed E-state index contributed by atoms with van der Waals surface area (Å²) in [5.74, 6) is 0.254. The zero-order valence-corrected chi connectivity index (χ0v) is 21.5. The number of nitrogens with two attached hydrogens (primary N) is 1. The fourth-order valence-electron chi connectivity index (χ4n) is 4.09. The van der Waals surface area contributed by atoms with Gasteiger partial charge in [0.15, 0.2) is 0 Å². The van der Waals surface area contributed by atoms with Crippen molar-refractivity contribution in [1.29, 1.82) is 0 Å². The molecule has 5 rings (SSSR count). The number of fused-ring (bicyclic) bond motifs is 1. The molecule has 0 saturated carbocycles. The van der Waals surface area contributed by atoms with Gasteiger partial charge in [-0.15, -0.1) is 11.3 Å². The molecule has 37 heavy (non-hydrogen) atoms. The number of morpholine rings is 1. The second kappa shape index (κ2) is 11.1. The summed E-state index contributed by atoms with van der Waals surface area (Å²) in [5.41, 5.74) is 8.98. The van der Waals surface area contributed by atoms with E-state index in [4.69, 9.17) is 22.1 Å². The summed E-state index contributed by atoms with van der Waals surface area (Å²) in [4.78, 5) is 31.8. The van der Waals surface area contributed by atoms with Gasteiger partial charge in [-0.3, -0.25) is 9.59 Å². The number of nitrogens with zero attached hydrogens (tertiary/aromatic N) is 2. The molecule has 188 valence electrons. The zero-order chi connectivity index (χ0) is 25.8. The molecule has 0 radical (unpaired) electrons. The molecule has 2 amide bonds. The monoisotopic (exact) mass is 532 g/mol. The van der Waals surface area contributed by atoms with E-state index in [1.54, 1.807) is 35.7 Å². The first-order chi connectivity index (χ1) is 18.0. The van der Waals surface area contributed by atoms with Crippen LogP contribution in [0.1, 0.15) is 20.8 Å². The second-order valence-corrected chi connectivity index (χ2v) is 10.2. The van der Waals surface area contributed by atoms with Gasteiger partial charge in [0.2, 0.25) is 5.91 Å². The summed E-state index contributed by atoms with van der Waals surface area (Å²) in [6, 6.07) is 17.1. The Labute approximate surface area is 223 Å². The maximum Gasteiger partial charge on any atom is 0.254 e. The number of pyridine rings is 1. The highest BCUT2D eigenvalue weighted by Gasteiger charge is 2.18. The Morgan fingerprint density at radius 1 is 1.08 bits per heavy atom. The normalized spacial score (nSPS) is 13.8. The fraction of sp³-hybridized carbons (Fsp3) is 0.179. The molecular formula is C28H25ClN4O3S. The lowest BCUT2D eigenvalue weighted by molar-refractivity contribution is -0.116. The molecule has 7 nitrogen and oxygen atoms in total. The van der Waals surface area contributed by atoms with E-state index in [0.29, 0.717) is 49.3 Å². The smallest absolute Gasteiger partial charge is 0.254 e. The Kier molecular flexibility index (Phi) is 7.50. The van der Waals surface area contributed by atoms with E-state index in [-0.39, 0.29) is 11.8 Å². The van der Waals surface area contributed by atoms with Gasteiger partial charge in [-0.25, -0.2) is 4.98 Å². The Bertz CT molecular complexity index is 1460. The second-order valence-electron chi connectivity index (χ2n) is 8.64. The first-order valence-corrected chi connectivity index (χ1v) is 13.0. The van der Waals surface area contributed by atoms with Crippen molar-refractivity contribution in [2.24, 2.45) is 0 Å². The third-order valence-corrected chi connectivity index (χ3v) is 7.65. The van der Waals surface area contributed by atoms with Crippen LogP contribution in [0.15, 0.2) is 66.9 Å². The fourth-order valence-corrected chi connectivity index (χ4v) is 5.42. The van der Waals surface area contributed by atoms with Crippen LogP contribution in [0.5, 0.6) is 0 Å². The number of benzene rings is 2. The van der Waals surface area contributed by atoms with E-state index in [9.17, 15) is 9.59 Å². The largest absolute Gasteiger partial charge is 0.384 e. The molecule has 0 bridgehead atoms. The number of hydrogen-bond acceptors (Lipinski definition) is 6. The van der Waals surface area contributed by atoms with Crippen LogP contribution in [-0.2, 0) is 16.1 Å². The van der Waals surface area contributed by atoms with E-state index >= 15 is 0 Å². The SMILES string of the molecule is Nc1ccc(/C=C/C(=O)NCc2cc3cc(-c4ccc(C(=O)N5CCOCC5)cc4)cc(Cl)c3s2)cn1. The first kappa shape index (κ1) is 25.0. The number of ether oxygens (including phenoxy) is 1. The number of carbonyl (C=O) groups excluding carboxylic acids is 2. The van der Waals surface area contributed by atoms with Crippen LogP contribution < -0.4 is 11.1 Å². The van der Waals surface area contributed by atoms with Crippen molar-refractivity contribution in [2.75, 3.05) is 32.0 Å². The minimum atomic E-state index is -0.201. The third-order valence-electron chi connectivity index (χ3n) is 6.06. The Morgan fingerprint density at radius 2 is 1.86 bits per heavy atom. The van der Waals surface area contributed by atoms with Crippen molar-refractivity contribution in [3.63, 3.8) is 0 Å². The summed E-state index contributed by atoms with van der Waals surface area (Å²) in [6.07, 6.45) is 4.77. The average Bonchev–Trinajstić information content (AvgIpc) is 3.35. The maximum atomic E-state index is 12.7. The molecule has 4 aromatic rings. The van der Waals surface area contributed by atoms with Crippen LogP contribution in [0.4, 0.5) is 5.82 Å². The molecule has 1 saturated heterocycles. The van der Waals surface area contributed by atoms with Crippen molar-refractivity contribution in [1.82, 2.24) is 15.2 Å². The summed E-state index contributed by atoms with van der Waals surface area (Å²) in [6.45, 7) is 2.78. The highest BCUT2D eigenvalue weighted by atomic mass is 35.5. The van der Waals surface area contributed by atoms with Crippen molar-refractivity contribution in [2.45, 2.75) is 6.54 Å². The summed E-state index contributed by atoms with van der Waals surface area (Å²) in [5, 5.41) is 4.56. The Hall–Kier alpha value is -3.72. The van der Waals surface area contributed by atoms with E-state index < -0.39 is 0 Å². The Morgan fingerprint density at radius 3 is 2.59 bits per heavy atom. The zero-order valence-electron chi connectivity index (χ0n) is 19.9. The molecule has 0 spiro atoms. The van der Waals surface area contributed by atoms with Gasteiger partial charge in [-0.2, -0.15) is 0 Å². The van der Waals surface area contributed by atoms with Gasteiger partial charge in [-0.05, 0) is 70.6 Å². The Balaban J connectivity index is 1.26. The van der Waals surface area contributed by atoms with Crippen LogP contribution in [-0.4, -0.2) is 48.0 Å². The minimum Gasteiger partial charge on any atom is -0.384 e. The number of hydrogen-bond donors (Lipinski definition) is 2. The van der Waals surface area contributed by atoms with E-state index in [1.807, 2.05) is 41.3 Å².